The molecule has 1 fully saturated rings. The van der Waals surface area contributed by atoms with Gasteiger partial charge in [0.25, 0.3) is 5.91 Å². The molecule has 3 aromatic rings. The highest BCUT2D eigenvalue weighted by Crippen LogP contribution is 2.20. The first-order valence-electron chi connectivity index (χ1n) is 10.4. The minimum Gasteiger partial charge on any atom is -0.368 e. The lowest BCUT2D eigenvalue weighted by atomic mass is 10.2. The molecule has 1 saturated heterocycles. The Hall–Kier alpha value is -3.52. The summed E-state index contributed by atoms with van der Waals surface area (Å²) in [6.07, 6.45) is 0. The number of nitrogens with zero attached hydrogens (tertiary/aromatic N) is 2. The summed E-state index contributed by atoms with van der Waals surface area (Å²) < 4.78 is 0. The van der Waals surface area contributed by atoms with Crippen molar-refractivity contribution < 1.29 is 14.4 Å². The molecule has 32 heavy (non-hydrogen) atoms. The molecular weight excluding hydrogens is 430 g/mol. The monoisotopic (exact) mass is 453 g/mol. The molecule has 1 aliphatic rings. The number of carbonyl (C=O) groups excluding carboxylic acids is 3. The Labute approximate surface area is 190 Å². The zero-order valence-corrected chi connectivity index (χ0v) is 18.2. The number of fused-ring (bicyclic) bond motifs is 1. The van der Waals surface area contributed by atoms with E-state index in [1.165, 1.54) is 0 Å². The van der Waals surface area contributed by atoms with Crippen LogP contribution in [0.25, 0.3) is 10.9 Å². The second-order valence-corrected chi connectivity index (χ2v) is 7.98. The van der Waals surface area contributed by atoms with Crippen LogP contribution in [-0.2, 0) is 9.59 Å². The van der Waals surface area contributed by atoms with Crippen LogP contribution >= 0.6 is 11.6 Å². The summed E-state index contributed by atoms with van der Waals surface area (Å²) in [7, 11) is 0. The first kappa shape index (κ1) is 21.7. The fraction of sp³-hybridized carbons (Fsp3) is 0.261. The molecular formula is C23H24ClN5O3. The van der Waals surface area contributed by atoms with Crippen LogP contribution in [0.4, 0.5) is 5.69 Å². The molecule has 2 heterocycles. The van der Waals surface area contributed by atoms with E-state index >= 15 is 0 Å². The zero-order valence-electron chi connectivity index (χ0n) is 17.4. The van der Waals surface area contributed by atoms with Gasteiger partial charge in [-0.1, -0.05) is 35.9 Å². The molecule has 2 aromatic carbocycles. The number of piperazine rings is 1. The summed E-state index contributed by atoms with van der Waals surface area (Å²) >= 11 is 6.05. The van der Waals surface area contributed by atoms with E-state index < -0.39 is 11.8 Å². The number of H-pyrrole nitrogens is 1. The number of para-hydroxylation sites is 1. The SMILES string of the molecule is O=C(NCCNC(=O)c1cc2ccccc2[nH]1)C(=O)N1CCN(c2cccc(Cl)c2)CC1. The predicted octanol–water partition coefficient (Wildman–Crippen LogP) is 2.02. The van der Waals surface area contributed by atoms with Gasteiger partial charge in [-0.05, 0) is 30.3 Å². The van der Waals surface area contributed by atoms with Gasteiger partial charge < -0.3 is 25.4 Å². The first-order chi connectivity index (χ1) is 15.5. The average Bonchev–Trinajstić information content (AvgIpc) is 3.26. The Kier molecular flexibility index (Phi) is 6.61. The van der Waals surface area contributed by atoms with E-state index in [0.717, 1.165) is 16.6 Å². The van der Waals surface area contributed by atoms with Crippen LogP contribution in [0, 0.1) is 0 Å². The van der Waals surface area contributed by atoms with E-state index in [-0.39, 0.29) is 19.0 Å². The molecule has 9 heteroatoms. The maximum atomic E-state index is 12.4. The molecule has 3 amide bonds. The van der Waals surface area contributed by atoms with E-state index in [2.05, 4.69) is 20.5 Å². The quantitative estimate of drug-likeness (QED) is 0.406. The number of carbonyl (C=O) groups is 3. The lowest BCUT2D eigenvalue weighted by Crippen LogP contribution is -2.53. The lowest BCUT2D eigenvalue weighted by Gasteiger charge is -2.35. The van der Waals surface area contributed by atoms with Crippen molar-refractivity contribution in [1.82, 2.24) is 20.5 Å². The van der Waals surface area contributed by atoms with E-state index in [9.17, 15) is 14.4 Å². The summed E-state index contributed by atoms with van der Waals surface area (Å²) in [6.45, 7) is 2.54. The molecule has 0 bridgehead atoms. The third-order valence-corrected chi connectivity index (χ3v) is 5.64. The van der Waals surface area contributed by atoms with Gasteiger partial charge in [0.2, 0.25) is 0 Å². The Balaban J connectivity index is 1.19. The molecule has 4 rings (SSSR count). The second-order valence-electron chi connectivity index (χ2n) is 7.54. The third kappa shape index (κ3) is 5.03. The molecule has 3 N–H and O–H groups in total. The van der Waals surface area contributed by atoms with Crippen molar-refractivity contribution >= 4 is 45.9 Å². The van der Waals surface area contributed by atoms with Crippen LogP contribution in [0.2, 0.25) is 5.02 Å². The highest BCUT2D eigenvalue weighted by atomic mass is 35.5. The number of benzene rings is 2. The van der Waals surface area contributed by atoms with Crippen molar-refractivity contribution in [2.24, 2.45) is 0 Å². The minimum atomic E-state index is -0.666. The topological polar surface area (TPSA) is 97.5 Å². The first-order valence-corrected chi connectivity index (χ1v) is 10.8. The lowest BCUT2D eigenvalue weighted by molar-refractivity contribution is -0.146. The molecule has 8 nitrogen and oxygen atoms in total. The van der Waals surface area contributed by atoms with Crippen molar-refractivity contribution in [3.05, 3.63) is 65.3 Å². The summed E-state index contributed by atoms with van der Waals surface area (Å²) in [5.41, 5.74) is 2.33. The van der Waals surface area contributed by atoms with E-state index in [4.69, 9.17) is 11.6 Å². The summed E-state index contributed by atoms with van der Waals surface area (Å²) in [5, 5.41) is 6.93. The van der Waals surface area contributed by atoms with E-state index in [0.29, 0.717) is 36.9 Å². The van der Waals surface area contributed by atoms with Crippen molar-refractivity contribution in [2.75, 3.05) is 44.2 Å². The minimum absolute atomic E-state index is 0.166. The van der Waals surface area contributed by atoms with Gasteiger partial charge in [-0.25, -0.2) is 0 Å². The van der Waals surface area contributed by atoms with Crippen molar-refractivity contribution in [1.29, 1.82) is 0 Å². The molecule has 1 aliphatic heterocycles. The Morgan fingerprint density at radius 2 is 1.66 bits per heavy atom. The molecule has 1 aromatic heterocycles. The summed E-state index contributed by atoms with van der Waals surface area (Å²) in [5.74, 6) is -1.49. The van der Waals surface area contributed by atoms with Gasteiger partial charge in [-0.3, -0.25) is 14.4 Å². The van der Waals surface area contributed by atoms with Crippen molar-refractivity contribution in [2.45, 2.75) is 0 Å². The largest absolute Gasteiger partial charge is 0.368 e. The van der Waals surface area contributed by atoms with Crippen molar-refractivity contribution in [3.8, 4) is 0 Å². The number of anilines is 1. The fourth-order valence-electron chi connectivity index (χ4n) is 3.70. The fourth-order valence-corrected chi connectivity index (χ4v) is 3.89. The maximum absolute atomic E-state index is 12.4. The molecule has 0 radical (unpaired) electrons. The number of hydrogen-bond acceptors (Lipinski definition) is 4. The van der Waals surface area contributed by atoms with Crippen LogP contribution in [0.5, 0.6) is 0 Å². The Morgan fingerprint density at radius 3 is 2.41 bits per heavy atom. The zero-order chi connectivity index (χ0) is 22.5. The molecule has 166 valence electrons. The maximum Gasteiger partial charge on any atom is 0.312 e. The van der Waals surface area contributed by atoms with Gasteiger partial charge in [0.15, 0.2) is 0 Å². The van der Waals surface area contributed by atoms with Crippen LogP contribution in [-0.4, -0.2) is 66.9 Å². The van der Waals surface area contributed by atoms with Gasteiger partial charge in [0, 0.05) is 60.9 Å². The van der Waals surface area contributed by atoms with Crippen LogP contribution in [0.15, 0.2) is 54.6 Å². The number of aromatic amines is 1. The van der Waals surface area contributed by atoms with Crippen LogP contribution < -0.4 is 15.5 Å². The highest BCUT2D eigenvalue weighted by Gasteiger charge is 2.26. The summed E-state index contributed by atoms with van der Waals surface area (Å²) in [4.78, 5) is 43.6. The number of hydrogen-bond donors (Lipinski definition) is 3. The number of nitrogens with one attached hydrogen (secondary N) is 3. The Morgan fingerprint density at radius 1 is 0.906 bits per heavy atom. The van der Waals surface area contributed by atoms with Gasteiger partial charge in [0.1, 0.15) is 5.69 Å². The van der Waals surface area contributed by atoms with Crippen molar-refractivity contribution in [3.63, 3.8) is 0 Å². The number of aromatic nitrogens is 1. The predicted molar refractivity (Wildman–Crippen MR) is 124 cm³/mol. The number of amides is 3. The smallest absolute Gasteiger partial charge is 0.312 e. The van der Waals surface area contributed by atoms with Gasteiger partial charge in [0.05, 0.1) is 0 Å². The standard InChI is InChI=1S/C23H24ClN5O3/c24-17-5-3-6-18(15-17)28-10-12-29(13-11-28)23(32)22(31)26-9-8-25-21(30)20-14-16-4-1-2-7-19(16)27-20/h1-7,14-15,27H,8-13H2,(H,25,30)(H,26,31). The normalized spacial score (nSPS) is 13.8. The number of rotatable bonds is 5. The molecule has 0 atom stereocenters. The van der Waals surface area contributed by atoms with E-state index in [1.54, 1.807) is 11.0 Å². The molecule has 0 unspecified atom stereocenters. The van der Waals surface area contributed by atoms with E-state index in [1.807, 2.05) is 48.5 Å². The molecule has 0 aliphatic carbocycles. The molecule has 0 spiro atoms. The highest BCUT2D eigenvalue weighted by molar-refractivity contribution is 6.35. The van der Waals surface area contributed by atoms with Crippen LogP contribution in [0.3, 0.4) is 0 Å². The van der Waals surface area contributed by atoms with Gasteiger partial charge >= 0.3 is 11.8 Å². The summed E-state index contributed by atoms with van der Waals surface area (Å²) in [6, 6.07) is 16.9. The number of halogens is 1. The molecule has 0 saturated carbocycles. The Bertz CT molecular complexity index is 1100. The third-order valence-electron chi connectivity index (χ3n) is 5.41. The van der Waals surface area contributed by atoms with Gasteiger partial charge in [-0.15, -0.1) is 0 Å². The van der Waals surface area contributed by atoms with Crippen LogP contribution in [0.1, 0.15) is 10.5 Å². The average molecular weight is 454 g/mol. The van der Waals surface area contributed by atoms with Gasteiger partial charge in [-0.2, -0.15) is 0 Å². The second kappa shape index (κ2) is 9.74.